The summed E-state index contributed by atoms with van der Waals surface area (Å²) in [6.45, 7) is 10.0. The summed E-state index contributed by atoms with van der Waals surface area (Å²) in [7, 11) is 0. The number of ether oxygens (including phenoxy) is 2. The standard InChI is InChI=1S/C15H18O5/c1-9(2)13(17)19-10-7-6-8-11(12(10)16)20-14(18)15(3,4)5/h6-8,16H,1H2,2-5H3. The van der Waals surface area contributed by atoms with Crippen molar-refractivity contribution in [2.24, 2.45) is 5.41 Å². The highest BCUT2D eigenvalue weighted by Crippen LogP contribution is 2.37. The topological polar surface area (TPSA) is 72.8 Å². The summed E-state index contributed by atoms with van der Waals surface area (Å²) >= 11 is 0. The fourth-order valence-corrected chi connectivity index (χ4v) is 1.11. The lowest BCUT2D eigenvalue weighted by Gasteiger charge is -2.17. The van der Waals surface area contributed by atoms with E-state index in [2.05, 4.69) is 6.58 Å². The number of carbonyl (C=O) groups excluding carboxylic acids is 2. The first-order valence-corrected chi connectivity index (χ1v) is 6.05. The van der Waals surface area contributed by atoms with Crippen molar-refractivity contribution in [2.75, 3.05) is 0 Å². The van der Waals surface area contributed by atoms with E-state index in [1.54, 1.807) is 20.8 Å². The van der Waals surface area contributed by atoms with Crippen LogP contribution in [0.2, 0.25) is 0 Å². The zero-order valence-electron chi connectivity index (χ0n) is 12.0. The van der Waals surface area contributed by atoms with Crippen LogP contribution in [0.1, 0.15) is 27.7 Å². The zero-order chi connectivity index (χ0) is 15.5. The Morgan fingerprint density at radius 1 is 1.15 bits per heavy atom. The number of hydrogen-bond donors (Lipinski definition) is 1. The van der Waals surface area contributed by atoms with Crippen LogP contribution in [0, 0.1) is 5.41 Å². The summed E-state index contributed by atoms with van der Waals surface area (Å²) in [6, 6.07) is 4.31. The van der Waals surface area contributed by atoms with Gasteiger partial charge in [0.25, 0.3) is 0 Å². The molecule has 0 fully saturated rings. The van der Waals surface area contributed by atoms with Gasteiger partial charge in [-0.05, 0) is 39.8 Å². The van der Waals surface area contributed by atoms with Gasteiger partial charge in [0.15, 0.2) is 11.5 Å². The Bertz CT molecular complexity index is 552. The second-order valence-corrected chi connectivity index (χ2v) is 5.41. The van der Waals surface area contributed by atoms with Crippen LogP contribution in [-0.2, 0) is 9.59 Å². The molecule has 1 aromatic rings. The number of carbonyl (C=O) groups is 2. The smallest absolute Gasteiger partial charge is 0.338 e. The average Bonchev–Trinajstić information content (AvgIpc) is 2.32. The summed E-state index contributed by atoms with van der Waals surface area (Å²) < 4.78 is 10.0. The normalized spacial score (nSPS) is 10.8. The van der Waals surface area contributed by atoms with E-state index in [0.29, 0.717) is 0 Å². The van der Waals surface area contributed by atoms with Gasteiger partial charge in [-0.1, -0.05) is 12.6 Å². The molecule has 0 amide bonds. The Labute approximate surface area is 117 Å². The van der Waals surface area contributed by atoms with E-state index in [1.165, 1.54) is 25.1 Å². The summed E-state index contributed by atoms with van der Waals surface area (Å²) in [6.07, 6.45) is 0. The molecule has 0 aliphatic rings. The third-order valence-corrected chi connectivity index (χ3v) is 2.33. The fourth-order valence-electron chi connectivity index (χ4n) is 1.11. The molecule has 0 heterocycles. The highest BCUT2D eigenvalue weighted by Gasteiger charge is 2.25. The highest BCUT2D eigenvalue weighted by atomic mass is 16.6. The Morgan fingerprint density at radius 2 is 1.65 bits per heavy atom. The Balaban J connectivity index is 2.99. The number of para-hydroxylation sites is 1. The van der Waals surface area contributed by atoms with Gasteiger partial charge in [0.05, 0.1) is 5.41 Å². The van der Waals surface area contributed by atoms with Gasteiger partial charge >= 0.3 is 11.9 Å². The van der Waals surface area contributed by atoms with Crippen molar-refractivity contribution < 1.29 is 24.2 Å². The van der Waals surface area contributed by atoms with E-state index in [-0.39, 0.29) is 17.1 Å². The van der Waals surface area contributed by atoms with Crippen LogP contribution in [0.15, 0.2) is 30.4 Å². The van der Waals surface area contributed by atoms with Crippen LogP contribution in [0.3, 0.4) is 0 Å². The lowest BCUT2D eigenvalue weighted by atomic mass is 9.97. The first-order valence-electron chi connectivity index (χ1n) is 6.05. The maximum atomic E-state index is 11.8. The van der Waals surface area contributed by atoms with Crippen LogP contribution in [0.25, 0.3) is 0 Å². The van der Waals surface area contributed by atoms with Gasteiger partial charge in [-0.2, -0.15) is 0 Å². The van der Waals surface area contributed by atoms with Crippen LogP contribution >= 0.6 is 0 Å². The van der Waals surface area contributed by atoms with E-state index in [4.69, 9.17) is 9.47 Å². The zero-order valence-corrected chi connectivity index (χ0v) is 12.0. The molecule has 1 rings (SSSR count). The molecule has 1 aromatic carbocycles. The number of esters is 2. The second-order valence-electron chi connectivity index (χ2n) is 5.41. The van der Waals surface area contributed by atoms with Gasteiger partial charge in [0, 0.05) is 5.57 Å². The predicted octanol–water partition coefficient (Wildman–Crippen LogP) is 2.83. The molecular weight excluding hydrogens is 260 g/mol. The molecule has 0 radical (unpaired) electrons. The quantitative estimate of drug-likeness (QED) is 0.523. The van der Waals surface area contributed by atoms with Crippen molar-refractivity contribution in [3.8, 4) is 17.2 Å². The molecule has 0 spiro atoms. The lowest BCUT2D eigenvalue weighted by Crippen LogP contribution is -2.25. The number of hydrogen-bond acceptors (Lipinski definition) is 5. The molecule has 0 aliphatic carbocycles. The number of phenols is 1. The van der Waals surface area contributed by atoms with E-state index in [9.17, 15) is 14.7 Å². The van der Waals surface area contributed by atoms with Gasteiger partial charge in [0.1, 0.15) is 0 Å². The monoisotopic (exact) mass is 278 g/mol. The van der Waals surface area contributed by atoms with Gasteiger partial charge in [0.2, 0.25) is 5.75 Å². The van der Waals surface area contributed by atoms with Crippen molar-refractivity contribution in [3.63, 3.8) is 0 Å². The van der Waals surface area contributed by atoms with E-state index < -0.39 is 23.1 Å². The SMILES string of the molecule is C=C(C)C(=O)Oc1cccc(OC(=O)C(C)(C)C)c1O. The molecule has 1 N–H and O–H groups in total. The van der Waals surface area contributed by atoms with E-state index in [1.807, 2.05) is 0 Å². The average molecular weight is 278 g/mol. The molecule has 0 unspecified atom stereocenters. The van der Waals surface area contributed by atoms with E-state index in [0.717, 1.165) is 0 Å². The van der Waals surface area contributed by atoms with Crippen molar-refractivity contribution in [1.29, 1.82) is 0 Å². The molecule has 0 atom stereocenters. The Kier molecular flexibility index (Phi) is 4.55. The van der Waals surface area contributed by atoms with Gasteiger partial charge < -0.3 is 14.6 Å². The first-order chi connectivity index (χ1) is 9.12. The van der Waals surface area contributed by atoms with Crippen molar-refractivity contribution in [1.82, 2.24) is 0 Å². The Morgan fingerprint density at radius 3 is 2.10 bits per heavy atom. The molecule has 5 heteroatoms. The largest absolute Gasteiger partial charge is 0.502 e. The van der Waals surface area contributed by atoms with Gasteiger partial charge in [-0.3, -0.25) is 4.79 Å². The maximum Gasteiger partial charge on any atom is 0.338 e. The van der Waals surface area contributed by atoms with Crippen molar-refractivity contribution in [2.45, 2.75) is 27.7 Å². The Hall–Kier alpha value is -2.30. The molecule has 0 bridgehead atoms. The van der Waals surface area contributed by atoms with Crippen LogP contribution in [0.4, 0.5) is 0 Å². The number of benzene rings is 1. The van der Waals surface area contributed by atoms with Crippen LogP contribution < -0.4 is 9.47 Å². The molecule has 108 valence electrons. The highest BCUT2D eigenvalue weighted by molar-refractivity contribution is 5.89. The molecule has 20 heavy (non-hydrogen) atoms. The summed E-state index contributed by atoms with van der Waals surface area (Å²) in [5, 5.41) is 9.95. The first kappa shape index (κ1) is 15.8. The summed E-state index contributed by atoms with van der Waals surface area (Å²) in [5.74, 6) is -1.72. The van der Waals surface area contributed by atoms with Crippen LogP contribution in [0.5, 0.6) is 17.2 Å². The minimum absolute atomic E-state index is 0.0584. The molecule has 0 saturated heterocycles. The summed E-state index contributed by atoms with van der Waals surface area (Å²) in [5.41, 5.74) is -0.516. The third kappa shape index (κ3) is 3.85. The molecule has 5 nitrogen and oxygen atoms in total. The maximum absolute atomic E-state index is 11.8. The predicted molar refractivity (Wildman–Crippen MR) is 73.6 cm³/mol. The number of phenolic OH excluding ortho intramolecular Hbond substituents is 1. The minimum atomic E-state index is -0.711. The number of aromatic hydroxyl groups is 1. The summed E-state index contributed by atoms with van der Waals surface area (Å²) in [4.78, 5) is 23.2. The molecule has 0 saturated carbocycles. The number of rotatable bonds is 3. The molecule has 0 aromatic heterocycles. The molecular formula is C15H18O5. The van der Waals surface area contributed by atoms with Gasteiger partial charge in [-0.15, -0.1) is 0 Å². The van der Waals surface area contributed by atoms with E-state index >= 15 is 0 Å². The van der Waals surface area contributed by atoms with Crippen LogP contribution in [-0.4, -0.2) is 17.0 Å². The van der Waals surface area contributed by atoms with Crippen molar-refractivity contribution >= 4 is 11.9 Å². The molecule has 0 aliphatic heterocycles. The lowest BCUT2D eigenvalue weighted by molar-refractivity contribution is -0.143. The minimum Gasteiger partial charge on any atom is -0.502 e. The van der Waals surface area contributed by atoms with Gasteiger partial charge in [-0.25, -0.2) is 4.79 Å². The van der Waals surface area contributed by atoms with Crippen molar-refractivity contribution in [3.05, 3.63) is 30.4 Å². The fraction of sp³-hybridized carbons (Fsp3) is 0.333. The third-order valence-electron chi connectivity index (χ3n) is 2.33. The second kappa shape index (κ2) is 5.77.